The number of carbonyl (C=O) groups is 2. The second-order valence-electron chi connectivity index (χ2n) is 5.62. The van der Waals surface area contributed by atoms with Crippen molar-refractivity contribution in [2.75, 3.05) is 6.54 Å². The minimum absolute atomic E-state index is 0.256. The number of alkyl carbamates (subject to hydrolysis) is 1. The molecule has 1 rings (SSSR count). The number of hydrogen-bond donors (Lipinski definition) is 1. The Morgan fingerprint density at radius 3 is 2.67 bits per heavy atom. The van der Waals surface area contributed by atoms with Crippen LogP contribution in [0.25, 0.3) is 0 Å². The molecular formula is C13H21NO4. The van der Waals surface area contributed by atoms with Crippen molar-refractivity contribution >= 4 is 12.1 Å². The molecule has 1 heterocycles. The second kappa shape index (κ2) is 5.89. The molecule has 0 aromatic carbocycles. The summed E-state index contributed by atoms with van der Waals surface area (Å²) < 4.78 is 9.71. The third-order valence-corrected chi connectivity index (χ3v) is 2.53. The zero-order valence-electron chi connectivity index (χ0n) is 11.4. The van der Waals surface area contributed by atoms with Gasteiger partial charge in [-0.25, -0.2) is 9.59 Å². The van der Waals surface area contributed by atoms with Gasteiger partial charge in [-0.3, -0.25) is 0 Å². The highest BCUT2D eigenvalue weighted by molar-refractivity contribution is 5.90. The van der Waals surface area contributed by atoms with Gasteiger partial charge in [-0.1, -0.05) is 20.8 Å². The van der Waals surface area contributed by atoms with E-state index in [9.17, 15) is 9.59 Å². The maximum atomic E-state index is 11.4. The smallest absolute Gasteiger partial charge is 0.410 e. The van der Waals surface area contributed by atoms with Gasteiger partial charge in [-0.05, 0) is 25.2 Å². The Hall–Kier alpha value is -1.52. The van der Waals surface area contributed by atoms with E-state index in [4.69, 9.17) is 9.47 Å². The first kappa shape index (κ1) is 14.5. The van der Waals surface area contributed by atoms with E-state index in [2.05, 4.69) is 26.1 Å². The average Bonchev–Trinajstić information content (AvgIpc) is 2.51. The lowest BCUT2D eigenvalue weighted by molar-refractivity contribution is -0.151. The molecule has 102 valence electrons. The zero-order chi connectivity index (χ0) is 13.8. The van der Waals surface area contributed by atoms with Gasteiger partial charge < -0.3 is 14.8 Å². The van der Waals surface area contributed by atoms with Gasteiger partial charge in [0, 0.05) is 18.2 Å². The highest BCUT2D eigenvalue weighted by Crippen LogP contribution is 2.19. The molecule has 0 aromatic heterocycles. The number of amides is 1. The van der Waals surface area contributed by atoms with Crippen LogP contribution in [0.2, 0.25) is 0 Å². The lowest BCUT2D eigenvalue weighted by Gasteiger charge is -2.17. The van der Waals surface area contributed by atoms with Crippen molar-refractivity contribution in [2.45, 2.75) is 46.8 Å². The van der Waals surface area contributed by atoms with Crippen molar-refractivity contribution in [1.82, 2.24) is 5.32 Å². The number of cyclic esters (lactones) is 1. The van der Waals surface area contributed by atoms with Crippen LogP contribution in [0.1, 0.15) is 40.5 Å². The Morgan fingerprint density at radius 1 is 1.50 bits per heavy atom. The number of esters is 1. The fourth-order valence-corrected chi connectivity index (χ4v) is 1.52. The van der Waals surface area contributed by atoms with Crippen molar-refractivity contribution in [1.29, 1.82) is 0 Å². The molecule has 0 saturated heterocycles. The molecule has 1 amide bonds. The topological polar surface area (TPSA) is 64.6 Å². The van der Waals surface area contributed by atoms with Crippen molar-refractivity contribution < 1.29 is 19.1 Å². The predicted octanol–water partition coefficient (Wildman–Crippen LogP) is 2.37. The van der Waals surface area contributed by atoms with Gasteiger partial charge >= 0.3 is 12.1 Å². The van der Waals surface area contributed by atoms with Crippen molar-refractivity contribution in [2.24, 2.45) is 5.41 Å². The maximum absolute atomic E-state index is 11.4. The highest BCUT2D eigenvalue weighted by atomic mass is 16.7. The third-order valence-electron chi connectivity index (χ3n) is 2.53. The minimum atomic E-state index is -0.889. The first-order valence-corrected chi connectivity index (χ1v) is 6.12. The first-order chi connectivity index (χ1) is 8.28. The Kier molecular flexibility index (Phi) is 4.76. The van der Waals surface area contributed by atoms with Gasteiger partial charge in [0.1, 0.15) is 0 Å². The molecule has 1 atom stereocenters. The minimum Gasteiger partial charge on any atom is -0.418 e. The van der Waals surface area contributed by atoms with Crippen LogP contribution in [0.3, 0.4) is 0 Å². The Balaban J connectivity index is 2.17. The van der Waals surface area contributed by atoms with Crippen LogP contribution in [0.15, 0.2) is 11.6 Å². The van der Waals surface area contributed by atoms with Gasteiger partial charge in [0.05, 0.1) is 0 Å². The fourth-order valence-electron chi connectivity index (χ4n) is 1.52. The Morgan fingerprint density at radius 2 is 2.17 bits per heavy atom. The highest BCUT2D eigenvalue weighted by Gasteiger charge is 2.25. The lowest BCUT2D eigenvalue weighted by Crippen LogP contribution is -2.30. The van der Waals surface area contributed by atoms with Crippen LogP contribution in [0.5, 0.6) is 0 Å². The summed E-state index contributed by atoms with van der Waals surface area (Å²) in [5.74, 6) is -0.444. The molecular weight excluding hydrogens is 234 g/mol. The van der Waals surface area contributed by atoms with Crippen LogP contribution in [0.4, 0.5) is 4.79 Å². The quantitative estimate of drug-likeness (QED) is 0.618. The third kappa shape index (κ3) is 5.21. The molecule has 1 aliphatic heterocycles. The summed E-state index contributed by atoms with van der Waals surface area (Å²) in [6.07, 6.45) is 1.94. The Bertz CT molecular complexity index is 354. The summed E-state index contributed by atoms with van der Waals surface area (Å²) in [5.41, 5.74) is 0.715. The SMILES string of the molecule is CC1=CC(OC(=O)NCCCC(C)(C)C)OC1=O. The van der Waals surface area contributed by atoms with E-state index >= 15 is 0 Å². The van der Waals surface area contributed by atoms with Crippen LogP contribution in [0, 0.1) is 5.41 Å². The standard InChI is InChI=1S/C13H21NO4/c1-9-8-10(17-11(9)15)18-12(16)14-7-5-6-13(2,3)4/h8,10H,5-7H2,1-4H3,(H,14,16). The van der Waals surface area contributed by atoms with Crippen LogP contribution < -0.4 is 5.32 Å². The maximum Gasteiger partial charge on any atom is 0.410 e. The average molecular weight is 255 g/mol. The summed E-state index contributed by atoms with van der Waals surface area (Å²) in [6, 6.07) is 0. The molecule has 1 aliphatic rings. The Labute approximate surface area is 108 Å². The second-order valence-corrected chi connectivity index (χ2v) is 5.62. The first-order valence-electron chi connectivity index (χ1n) is 6.12. The van der Waals surface area contributed by atoms with Gasteiger partial charge in [0.15, 0.2) is 0 Å². The van der Waals surface area contributed by atoms with E-state index in [-0.39, 0.29) is 5.41 Å². The molecule has 5 nitrogen and oxygen atoms in total. The number of ether oxygens (including phenoxy) is 2. The van der Waals surface area contributed by atoms with E-state index in [1.54, 1.807) is 6.92 Å². The molecule has 1 N–H and O–H groups in total. The molecule has 5 heteroatoms. The summed E-state index contributed by atoms with van der Waals surface area (Å²) in [4.78, 5) is 22.4. The van der Waals surface area contributed by atoms with Gasteiger partial charge in [-0.2, -0.15) is 0 Å². The molecule has 0 spiro atoms. The number of carbonyl (C=O) groups excluding carboxylic acids is 2. The predicted molar refractivity (Wildman–Crippen MR) is 66.8 cm³/mol. The molecule has 0 aromatic rings. The number of rotatable bonds is 4. The van der Waals surface area contributed by atoms with E-state index < -0.39 is 18.4 Å². The molecule has 18 heavy (non-hydrogen) atoms. The molecule has 1 unspecified atom stereocenters. The van der Waals surface area contributed by atoms with Crippen LogP contribution in [-0.2, 0) is 14.3 Å². The van der Waals surface area contributed by atoms with Crippen molar-refractivity contribution in [3.63, 3.8) is 0 Å². The van der Waals surface area contributed by atoms with E-state index in [0.717, 1.165) is 12.8 Å². The monoisotopic (exact) mass is 255 g/mol. The fraction of sp³-hybridized carbons (Fsp3) is 0.692. The van der Waals surface area contributed by atoms with Gasteiger partial charge in [-0.15, -0.1) is 0 Å². The van der Waals surface area contributed by atoms with Gasteiger partial charge in [0.2, 0.25) is 0 Å². The molecule has 0 saturated carbocycles. The summed E-state index contributed by atoms with van der Waals surface area (Å²) in [5, 5.41) is 2.63. The van der Waals surface area contributed by atoms with Crippen molar-refractivity contribution in [3.8, 4) is 0 Å². The molecule has 0 radical (unpaired) electrons. The normalized spacial score (nSPS) is 19.2. The largest absolute Gasteiger partial charge is 0.418 e. The van der Waals surface area contributed by atoms with E-state index in [1.165, 1.54) is 6.08 Å². The molecule has 0 fully saturated rings. The zero-order valence-corrected chi connectivity index (χ0v) is 11.4. The summed E-state index contributed by atoms with van der Waals surface area (Å²) in [6.45, 7) is 8.62. The van der Waals surface area contributed by atoms with E-state index in [0.29, 0.717) is 12.1 Å². The number of nitrogens with one attached hydrogen (secondary N) is 1. The van der Waals surface area contributed by atoms with Crippen LogP contribution >= 0.6 is 0 Å². The van der Waals surface area contributed by atoms with Gasteiger partial charge in [0.25, 0.3) is 6.29 Å². The van der Waals surface area contributed by atoms with E-state index in [1.807, 2.05) is 0 Å². The number of hydrogen-bond acceptors (Lipinski definition) is 4. The van der Waals surface area contributed by atoms with Crippen LogP contribution in [-0.4, -0.2) is 24.9 Å². The molecule has 0 bridgehead atoms. The molecule has 0 aliphatic carbocycles. The van der Waals surface area contributed by atoms with Crippen molar-refractivity contribution in [3.05, 3.63) is 11.6 Å². The summed E-state index contributed by atoms with van der Waals surface area (Å²) in [7, 11) is 0. The summed E-state index contributed by atoms with van der Waals surface area (Å²) >= 11 is 0. The lowest BCUT2D eigenvalue weighted by atomic mass is 9.91.